The lowest BCUT2D eigenvalue weighted by Crippen LogP contribution is -2.44. The van der Waals surface area contributed by atoms with Crippen molar-refractivity contribution in [2.24, 2.45) is 5.73 Å². The third kappa shape index (κ3) is 2.61. The second kappa shape index (κ2) is 5.40. The SMILES string of the molecule is CCc1ccccc1C(=O)N1CC(O)CC1C(N)=O. The lowest BCUT2D eigenvalue weighted by Gasteiger charge is -2.23. The number of nitrogens with zero attached hydrogens (tertiary/aromatic N) is 1. The van der Waals surface area contributed by atoms with E-state index in [-0.39, 0.29) is 18.9 Å². The zero-order valence-electron chi connectivity index (χ0n) is 10.9. The summed E-state index contributed by atoms with van der Waals surface area (Å²) in [6.07, 6.45) is 0.268. The van der Waals surface area contributed by atoms with Gasteiger partial charge in [-0.05, 0) is 18.1 Å². The molecule has 1 saturated heterocycles. The minimum atomic E-state index is -0.715. The van der Waals surface area contributed by atoms with Crippen molar-refractivity contribution < 1.29 is 14.7 Å². The highest BCUT2D eigenvalue weighted by atomic mass is 16.3. The fraction of sp³-hybridized carbons (Fsp3) is 0.429. The van der Waals surface area contributed by atoms with Gasteiger partial charge in [0.25, 0.3) is 5.91 Å². The van der Waals surface area contributed by atoms with Crippen LogP contribution in [0.1, 0.15) is 29.3 Å². The average Bonchev–Trinajstić information content (AvgIpc) is 2.80. The van der Waals surface area contributed by atoms with E-state index in [9.17, 15) is 14.7 Å². The van der Waals surface area contributed by atoms with Crippen LogP contribution in [0.2, 0.25) is 0 Å². The van der Waals surface area contributed by atoms with Crippen LogP contribution in [0, 0.1) is 0 Å². The summed E-state index contributed by atoms with van der Waals surface area (Å²) in [6, 6.07) is 6.58. The van der Waals surface area contributed by atoms with Crippen molar-refractivity contribution in [3.8, 4) is 0 Å². The molecule has 2 atom stereocenters. The van der Waals surface area contributed by atoms with Crippen molar-refractivity contribution in [1.29, 1.82) is 0 Å². The highest BCUT2D eigenvalue weighted by molar-refractivity contribution is 5.98. The van der Waals surface area contributed by atoms with Crippen molar-refractivity contribution in [3.05, 3.63) is 35.4 Å². The third-order valence-corrected chi connectivity index (χ3v) is 3.50. The smallest absolute Gasteiger partial charge is 0.254 e. The van der Waals surface area contributed by atoms with Crippen LogP contribution in [0.5, 0.6) is 0 Å². The topological polar surface area (TPSA) is 83.6 Å². The number of primary amides is 1. The number of aliphatic hydroxyl groups is 1. The molecule has 3 N–H and O–H groups in total. The van der Waals surface area contributed by atoms with Gasteiger partial charge >= 0.3 is 0 Å². The van der Waals surface area contributed by atoms with Gasteiger partial charge < -0.3 is 15.7 Å². The van der Waals surface area contributed by atoms with Gasteiger partial charge in [-0.1, -0.05) is 25.1 Å². The maximum Gasteiger partial charge on any atom is 0.254 e. The Hall–Kier alpha value is -1.88. The Labute approximate surface area is 112 Å². The maximum atomic E-state index is 12.5. The van der Waals surface area contributed by atoms with Crippen molar-refractivity contribution in [2.75, 3.05) is 6.54 Å². The van der Waals surface area contributed by atoms with Gasteiger partial charge in [0.05, 0.1) is 6.10 Å². The zero-order chi connectivity index (χ0) is 14.0. The van der Waals surface area contributed by atoms with E-state index in [1.807, 2.05) is 19.1 Å². The molecule has 2 amide bonds. The van der Waals surface area contributed by atoms with E-state index < -0.39 is 18.1 Å². The largest absolute Gasteiger partial charge is 0.391 e. The first-order chi connectivity index (χ1) is 9.04. The van der Waals surface area contributed by atoms with Crippen LogP contribution in [0.3, 0.4) is 0 Å². The van der Waals surface area contributed by atoms with Crippen LogP contribution in [0.4, 0.5) is 0 Å². The number of hydrogen-bond donors (Lipinski definition) is 2. The van der Waals surface area contributed by atoms with Crippen molar-refractivity contribution in [1.82, 2.24) is 4.90 Å². The second-order valence-corrected chi connectivity index (χ2v) is 4.78. The van der Waals surface area contributed by atoms with Gasteiger partial charge in [-0.3, -0.25) is 9.59 Å². The van der Waals surface area contributed by atoms with Gasteiger partial charge in [0.1, 0.15) is 6.04 Å². The number of β-amino-alcohol motifs (C(OH)–C–C–N with tert-alkyl or cyclic N) is 1. The summed E-state index contributed by atoms with van der Waals surface area (Å²) in [6.45, 7) is 2.13. The fourth-order valence-electron chi connectivity index (χ4n) is 2.50. The molecule has 1 aromatic rings. The Kier molecular flexibility index (Phi) is 3.85. The van der Waals surface area contributed by atoms with Crippen LogP contribution in [0.25, 0.3) is 0 Å². The van der Waals surface area contributed by atoms with Crippen LogP contribution in [-0.2, 0) is 11.2 Å². The van der Waals surface area contributed by atoms with Crippen LogP contribution in [-0.4, -0.2) is 40.5 Å². The summed E-state index contributed by atoms with van der Waals surface area (Å²) in [4.78, 5) is 25.2. The molecule has 0 spiro atoms. The Morgan fingerprint density at radius 2 is 2.11 bits per heavy atom. The Bertz CT molecular complexity index is 501. The lowest BCUT2D eigenvalue weighted by molar-refractivity contribution is -0.121. The number of amides is 2. The Morgan fingerprint density at radius 3 is 2.74 bits per heavy atom. The predicted molar refractivity (Wildman–Crippen MR) is 70.5 cm³/mol. The normalized spacial score (nSPS) is 22.5. The molecule has 19 heavy (non-hydrogen) atoms. The van der Waals surface area contributed by atoms with Gasteiger partial charge in [0.15, 0.2) is 0 Å². The molecule has 102 valence electrons. The predicted octanol–water partition coefficient (Wildman–Crippen LogP) is 0.310. The molecular weight excluding hydrogens is 244 g/mol. The monoisotopic (exact) mass is 262 g/mol. The number of carbonyl (C=O) groups excluding carboxylic acids is 2. The lowest BCUT2D eigenvalue weighted by atomic mass is 10.0. The molecule has 0 aliphatic carbocycles. The van der Waals surface area contributed by atoms with Gasteiger partial charge in [0.2, 0.25) is 5.91 Å². The molecule has 1 aliphatic heterocycles. The summed E-state index contributed by atoms with van der Waals surface area (Å²) in [5.41, 5.74) is 6.80. The second-order valence-electron chi connectivity index (χ2n) is 4.78. The molecule has 2 rings (SSSR count). The maximum absolute atomic E-state index is 12.5. The molecule has 1 heterocycles. The number of benzene rings is 1. The molecular formula is C14H18N2O3. The molecule has 5 nitrogen and oxygen atoms in total. The molecule has 1 aliphatic rings. The number of aliphatic hydroxyl groups excluding tert-OH is 1. The number of carbonyl (C=O) groups is 2. The first-order valence-corrected chi connectivity index (χ1v) is 6.40. The molecule has 0 saturated carbocycles. The van der Waals surface area contributed by atoms with Crippen molar-refractivity contribution >= 4 is 11.8 Å². The number of aryl methyl sites for hydroxylation is 1. The first-order valence-electron chi connectivity index (χ1n) is 6.40. The van der Waals surface area contributed by atoms with Crippen LogP contribution in [0.15, 0.2) is 24.3 Å². The third-order valence-electron chi connectivity index (χ3n) is 3.50. The van der Waals surface area contributed by atoms with Crippen LogP contribution >= 0.6 is 0 Å². The fourth-order valence-corrected chi connectivity index (χ4v) is 2.50. The molecule has 1 aromatic carbocycles. The van der Waals surface area contributed by atoms with E-state index in [1.165, 1.54) is 4.90 Å². The van der Waals surface area contributed by atoms with E-state index in [0.717, 1.165) is 12.0 Å². The van der Waals surface area contributed by atoms with E-state index in [2.05, 4.69) is 0 Å². The molecule has 5 heteroatoms. The molecule has 0 bridgehead atoms. The number of nitrogens with two attached hydrogens (primary N) is 1. The molecule has 2 unspecified atom stereocenters. The standard InChI is InChI=1S/C14H18N2O3/c1-2-9-5-3-4-6-11(9)14(19)16-8-10(17)7-12(16)13(15)18/h3-6,10,12,17H,2,7-8H2,1H3,(H2,15,18). The van der Waals surface area contributed by atoms with E-state index in [0.29, 0.717) is 5.56 Å². The van der Waals surface area contributed by atoms with Gasteiger partial charge in [0, 0.05) is 18.5 Å². The van der Waals surface area contributed by atoms with Gasteiger partial charge in [-0.2, -0.15) is 0 Å². The number of hydrogen-bond acceptors (Lipinski definition) is 3. The number of rotatable bonds is 3. The highest BCUT2D eigenvalue weighted by Gasteiger charge is 2.38. The quantitative estimate of drug-likeness (QED) is 0.822. The van der Waals surface area contributed by atoms with E-state index in [4.69, 9.17) is 5.73 Å². The molecule has 0 radical (unpaired) electrons. The number of likely N-dealkylation sites (tertiary alicyclic amines) is 1. The Morgan fingerprint density at radius 1 is 1.42 bits per heavy atom. The minimum absolute atomic E-state index is 0.157. The van der Waals surface area contributed by atoms with E-state index in [1.54, 1.807) is 12.1 Å². The minimum Gasteiger partial charge on any atom is -0.391 e. The summed E-state index contributed by atoms with van der Waals surface area (Å²) in [5, 5.41) is 9.64. The summed E-state index contributed by atoms with van der Waals surface area (Å²) >= 11 is 0. The zero-order valence-corrected chi connectivity index (χ0v) is 10.9. The van der Waals surface area contributed by atoms with Crippen molar-refractivity contribution in [3.63, 3.8) is 0 Å². The summed E-state index contributed by atoms with van der Waals surface area (Å²) in [5.74, 6) is -0.809. The van der Waals surface area contributed by atoms with Gasteiger partial charge in [-0.15, -0.1) is 0 Å². The highest BCUT2D eigenvalue weighted by Crippen LogP contribution is 2.22. The summed E-state index contributed by atoms with van der Waals surface area (Å²) in [7, 11) is 0. The van der Waals surface area contributed by atoms with E-state index >= 15 is 0 Å². The van der Waals surface area contributed by atoms with Crippen LogP contribution < -0.4 is 5.73 Å². The average molecular weight is 262 g/mol. The first kappa shape index (κ1) is 13.5. The summed E-state index contributed by atoms with van der Waals surface area (Å²) < 4.78 is 0. The molecule has 0 aromatic heterocycles. The van der Waals surface area contributed by atoms with Crippen molar-refractivity contribution in [2.45, 2.75) is 31.9 Å². The molecule has 1 fully saturated rings. The van der Waals surface area contributed by atoms with Gasteiger partial charge in [-0.25, -0.2) is 0 Å². The Balaban J connectivity index is 2.30.